The molecule has 0 unspecified atom stereocenters. The number of ketones is 2. The zero-order valence-electron chi connectivity index (χ0n) is 60.1. The molecule has 1 aliphatic heterocycles. The van der Waals surface area contributed by atoms with Gasteiger partial charge in [-0.1, -0.05) is 37.6 Å². The summed E-state index contributed by atoms with van der Waals surface area (Å²) in [4.78, 5) is 44.7. The normalized spacial score (nSPS) is 14.0. The van der Waals surface area contributed by atoms with Gasteiger partial charge in [0, 0.05) is 95.3 Å². The number of fused-ring (bicyclic) bond motifs is 12. The Morgan fingerprint density at radius 3 is 1.35 bits per heavy atom. The monoisotopic (exact) mass is 1570 g/mol. The van der Waals surface area contributed by atoms with Crippen molar-refractivity contribution in [2.24, 2.45) is 0 Å². The molecule has 0 saturated carbocycles. The molecule has 9 heterocycles. The Bertz CT molecular complexity index is 6580. The predicted molar refractivity (Wildman–Crippen MR) is 412 cm³/mol. The van der Waals surface area contributed by atoms with Gasteiger partial charge in [-0.15, -0.1) is 0 Å². The summed E-state index contributed by atoms with van der Waals surface area (Å²) in [7, 11) is -12.4. The number of rotatable bonds is 16. The fraction of sp³-hybridized carbons (Fsp3) is 0.237. The fourth-order valence-corrected chi connectivity index (χ4v) is 15.5. The van der Waals surface area contributed by atoms with Crippen molar-refractivity contribution >= 4 is 164 Å². The maximum absolute atomic E-state index is 15.0. The molecular weight excluding hydrogens is 1500 g/mol. The minimum atomic E-state index is -3.82. The lowest BCUT2D eigenvalue weighted by Gasteiger charge is -2.32. The van der Waals surface area contributed by atoms with Crippen molar-refractivity contribution in [3.8, 4) is 33.9 Å². The van der Waals surface area contributed by atoms with Crippen LogP contribution in [0.1, 0.15) is 86.7 Å². The van der Waals surface area contributed by atoms with E-state index >= 15 is 4.39 Å². The highest BCUT2D eigenvalue weighted by Gasteiger charge is 2.53. The van der Waals surface area contributed by atoms with Crippen LogP contribution in [-0.2, 0) is 60.5 Å². The van der Waals surface area contributed by atoms with E-state index < -0.39 is 87.1 Å². The van der Waals surface area contributed by atoms with E-state index in [2.05, 4.69) is 15.0 Å². The number of sulfonamides is 2. The minimum absolute atomic E-state index is 0.134. The lowest BCUT2D eigenvalue weighted by molar-refractivity contribution is 0.00578. The first-order chi connectivity index (χ1) is 50.6. The summed E-state index contributed by atoms with van der Waals surface area (Å²) < 4.78 is 186. The van der Waals surface area contributed by atoms with Gasteiger partial charge in [0.1, 0.15) is 85.3 Å². The summed E-state index contributed by atoms with van der Waals surface area (Å²) in [6, 6.07) is 36.4. The zero-order chi connectivity index (χ0) is 78.0. The van der Waals surface area contributed by atoms with Crippen molar-refractivity contribution in [1.29, 1.82) is 0 Å². The number of anilines is 2. The summed E-state index contributed by atoms with van der Waals surface area (Å²) in [6.45, 7) is 11.1. The number of hydrogen-bond acceptors (Lipinski definition) is 18. The average Bonchev–Trinajstić information content (AvgIpc) is 1.56. The molecule has 558 valence electrons. The third-order valence-corrected chi connectivity index (χ3v) is 23.3. The van der Waals surface area contributed by atoms with Crippen LogP contribution in [0, 0.1) is 23.3 Å². The highest BCUT2D eigenvalue weighted by molar-refractivity contribution is 7.92. The van der Waals surface area contributed by atoms with E-state index in [1.165, 1.54) is 86.9 Å². The highest BCUT2D eigenvalue weighted by Crippen LogP contribution is 2.44. The van der Waals surface area contributed by atoms with Crippen LogP contribution in [0.15, 0.2) is 154 Å². The molecular formula is C76H68BClF4N8O14S4. The van der Waals surface area contributed by atoms with E-state index in [0.717, 1.165) is 33.6 Å². The Balaban J connectivity index is 0.000000152. The van der Waals surface area contributed by atoms with Gasteiger partial charge in [-0.05, 0) is 149 Å². The van der Waals surface area contributed by atoms with Gasteiger partial charge >= 0.3 is 7.12 Å². The largest absolute Gasteiger partial charge is 0.497 e. The first kappa shape index (κ1) is 76.1. The summed E-state index contributed by atoms with van der Waals surface area (Å²) in [5, 5.41) is 1.81. The Morgan fingerprint density at radius 2 is 0.917 bits per heavy atom. The number of nitrogens with zero attached hydrogens (tertiary/aromatic N) is 8. The lowest BCUT2D eigenvalue weighted by atomic mass is 9.76. The molecule has 14 aromatic rings. The van der Waals surface area contributed by atoms with Crippen LogP contribution in [0.5, 0.6) is 0 Å². The Morgan fingerprint density at radius 1 is 0.500 bits per heavy atom. The number of sulfone groups is 2. The molecule has 8 aromatic heterocycles. The summed E-state index contributed by atoms with van der Waals surface area (Å²) in [6.07, 6.45) is 4.73. The van der Waals surface area contributed by atoms with E-state index in [0.29, 0.717) is 117 Å². The van der Waals surface area contributed by atoms with Crippen LogP contribution in [0.3, 0.4) is 0 Å². The number of Topliss-reactive ketones (excluding diaryl/α,β-unsaturated/α-hetero) is 2. The van der Waals surface area contributed by atoms with E-state index in [1.54, 1.807) is 95.4 Å². The SMILES string of the molecule is CCC(=O)c1c(-c2ccc(F)cc2)oc2cc(N(C)S(C)(=O)=O)c(-c3ccc4nc(CS(C)(=O)=O)n5c6cccc(F)c6cc5c4n3)cc12.CCC(=O)c1c(-c2ccc(F)cc2)oc2cc(N(C)S(C)(=O)=O)c(B3OC(C)(C)C(C)(C)O3)cc12.CS(=O)(=O)Cc1nc2ccc(Cl)nc2c2cc3c(F)cccc3n12. The first-order valence-corrected chi connectivity index (χ1v) is 41.7. The van der Waals surface area contributed by atoms with Crippen molar-refractivity contribution in [2.75, 3.05) is 47.7 Å². The Labute approximate surface area is 623 Å². The second-order valence-corrected chi connectivity index (χ2v) is 36.0. The number of furan rings is 2. The molecule has 1 fully saturated rings. The topological polar surface area (TPSA) is 282 Å². The van der Waals surface area contributed by atoms with Gasteiger partial charge in [-0.3, -0.25) is 27.0 Å². The Kier molecular flexibility index (Phi) is 19.6. The molecule has 22 nitrogen and oxygen atoms in total. The van der Waals surface area contributed by atoms with Gasteiger partial charge in [0.25, 0.3) is 0 Å². The molecule has 0 radical (unpaired) electrons. The highest BCUT2D eigenvalue weighted by atomic mass is 35.5. The van der Waals surface area contributed by atoms with E-state index in [1.807, 2.05) is 27.7 Å². The van der Waals surface area contributed by atoms with Crippen molar-refractivity contribution in [1.82, 2.24) is 28.7 Å². The quantitative estimate of drug-likeness (QED) is 0.0376. The molecule has 108 heavy (non-hydrogen) atoms. The van der Waals surface area contributed by atoms with Gasteiger partial charge in [-0.2, -0.15) is 0 Å². The summed E-state index contributed by atoms with van der Waals surface area (Å²) in [5.74, 6) is -1.86. The zero-order valence-corrected chi connectivity index (χ0v) is 64.1. The fourth-order valence-electron chi connectivity index (χ4n) is 13.0. The van der Waals surface area contributed by atoms with Crippen LogP contribution in [0.4, 0.5) is 28.9 Å². The third-order valence-electron chi connectivity index (χ3n) is 19.1. The number of carbonyl (C=O) groups excluding carboxylic acids is 2. The second kappa shape index (κ2) is 27.8. The van der Waals surface area contributed by atoms with Crippen molar-refractivity contribution in [3.63, 3.8) is 0 Å². The molecule has 32 heteroatoms. The number of carbonyl (C=O) groups is 2. The smallest absolute Gasteiger partial charge is 0.455 e. The maximum Gasteiger partial charge on any atom is 0.497 e. The number of aromatic nitrogens is 6. The van der Waals surface area contributed by atoms with Crippen molar-refractivity contribution in [2.45, 2.75) is 77.1 Å². The maximum atomic E-state index is 15.0. The molecule has 1 saturated heterocycles. The molecule has 0 aliphatic carbocycles. The Hall–Kier alpha value is -10.1. The van der Waals surface area contributed by atoms with Crippen LogP contribution in [0.25, 0.3) is 111 Å². The minimum Gasteiger partial charge on any atom is -0.455 e. The van der Waals surface area contributed by atoms with Crippen molar-refractivity contribution in [3.05, 3.63) is 197 Å². The first-order valence-electron chi connectivity index (χ1n) is 33.5. The average molecular weight is 1570 g/mol. The summed E-state index contributed by atoms with van der Waals surface area (Å²) in [5.41, 5.74) is 5.99. The summed E-state index contributed by atoms with van der Waals surface area (Å²) >= 11 is 5.98. The van der Waals surface area contributed by atoms with Crippen molar-refractivity contribution < 1.29 is 79.0 Å². The molecule has 0 bridgehead atoms. The standard InChI is InChI=1S/C35H28F2N4O6S2.C25H29BFNO6S.C16H11ClFN3O2S/c1-5-30(42)33-23-15-22(28(40(2)49(4,45)46)17-31(23)47-35(33)19-9-11-20(36)12-10-19)25-13-14-26-34(39-25)29-16-21-24(37)7-6-8-27(21)41(29)32(38-26)18-48(3,43)44;1-8-20(29)22-17-13-18(26-33-24(2,3)25(4,5)34-26)19(28(6)35(7,30)31)14-21(17)32-23(22)15-9-11-16(27)12-10-15;1-24(22,23)8-15-19-11-5-6-14(17)20-16(11)13-7-9-10(18)3-2-4-12(9)21(13)15/h6-17H,5,18H2,1-4H3;9-14H,8H2,1-7H3;2-7H,8H2,1H3. The van der Waals surface area contributed by atoms with Gasteiger partial charge in [-0.25, -0.2) is 71.2 Å². The van der Waals surface area contributed by atoms with Gasteiger partial charge in [0.15, 0.2) is 31.2 Å². The lowest BCUT2D eigenvalue weighted by Crippen LogP contribution is -2.41. The molecule has 1 aliphatic rings. The number of benzene rings is 6. The molecule has 0 atom stereocenters. The number of hydrogen-bond donors (Lipinski definition) is 0. The molecule has 0 spiro atoms. The molecule has 0 amide bonds. The van der Waals surface area contributed by atoms with Gasteiger partial charge < -0.3 is 18.1 Å². The van der Waals surface area contributed by atoms with E-state index in [-0.39, 0.29) is 69.1 Å². The van der Waals surface area contributed by atoms with Crippen LogP contribution in [0.2, 0.25) is 5.15 Å². The third kappa shape index (κ3) is 14.4. The number of pyridine rings is 2. The molecule has 0 N–H and O–H groups in total. The number of halogens is 5. The van der Waals surface area contributed by atoms with Gasteiger partial charge in [0.05, 0.1) is 85.0 Å². The molecule has 6 aromatic carbocycles. The second-order valence-electron chi connectivity index (χ2n) is 27.3. The van der Waals surface area contributed by atoms with Crippen LogP contribution >= 0.6 is 11.6 Å². The van der Waals surface area contributed by atoms with Crippen LogP contribution < -0.4 is 14.1 Å². The van der Waals surface area contributed by atoms with Crippen LogP contribution in [-0.4, -0.2) is 131 Å². The van der Waals surface area contributed by atoms with Gasteiger partial charge in [0.2, 0.25) is 20.0 Å². The van der Waals surface area contributed by atoms with E-state index in [4.69, 9.17) is 34.7 Å². The van der Waals surface area contributed by atoms with E-state index in [9.17, 15) is 56.4 Å². The predicted octanol–water partition coefficient (Wildman–Crippen LogP) is 14.8. The molecule has 15 rings (SSSR count).